The van der Waals surface area contributed by atoms with E-state index in [9.17, 15) is 0 Å². The molecule has 0 bridgehead atoms. The van der Waals surface area contributed by atoms with Crippen molar-refractivity contribution in [2.24, 2.45) is 5.73 Å². The predicted molar refractivity (Wildman–Crippen MR) is 76.1 cm³/mol. The van der Waals surface area contributed by atoms with Gasteiger partial charge in [0.2, 0.25) is 0 Å². The van der Waals surface area contributed by atoms with Crippen LogP contribution in [0.2, 0.25) is 0 Å². The highest BCUT2D eigenvalue weighted by Gasteiger charge is 2.34. The van der Waals surface area contributed by atoms with E-state index in [1.165, 1.54) is 15.6 Å². The number of benzene rings is 1. The second-order valence-corrected chi connectivity index (χ2v) is 6.09. The monoisotopic (exact) mass is 296 g/mol. The highest BCUT2D eigenvalue weighted by Crippen LogP contribution is 2.34. The van der Waals surface area contributed by atoms with Gasteiger partial charge < -0.3 is 5.73 Å². The molecule has 1 saturated heterocycles. The van der Waals surface area contributed by atoms with Gasteiger partial charge in [-0.05, 0) is 44.4 Å². The Morgan fingerprint density at radius 2 is 2.12 bits per heavy atom. The van der Waals surface area contributed by atoms with Crippen LogP contribution in [0.15, 0.2) is 22.7 Å². The molecule has 2 nitrogen and oxygen atoms in total. The summed E-state index contributed by atoms with van der Waals surface area (Å²) in [7, 11) is 0. The molecule has 0 aliphatic carbocycles. The Balaban J connectivity index is 2.33. The van der Waals surface area contributed by atoms with Gasteiger partial charge in [-0.15, -0.1) is 0 Å². The molecule has 0 saturated carbocycles. The fourth-order valence-corrected chi connectivity index (χ4v) is 2.96. The van der Waals surface area contributed by atoms with Crippen LogP contribution >= 0.6 is 15.9 Å². The van der Waals surface area contributed by atoms with E-state index >= 15 is 0 Å². The van der Waals surface area contributed by atoms with Crippen LogP contribution in [0, 0.1) is 6.92 Å². The van der Waals surface area contributed by atoms with Gasteiger partial charge in [0.05, 0.1) is 6.04 Å². The van der Waals surface area contributed by atoms with Crippen molar-refractivity contribution in [3.63, 3.8) is 0 Å². The van der Waals surface area contributed by atoms with Crippen LogP contribution in [0.4, 0.5) is 0 Å². The van der Waals surface area contributed by atoms with Gasteiger partial charge >= 0.3 is 0 Å². The fourth-order valence-electron chi connectivity index (χ4n) is 2.71. The van der Waals surface area contributed by atoms with Gasteiger partial charge in [-0.2, -0.15) is 0 Å². The summed E-state index contributed by atoms with van der Waals surface area (Å²) in [5, 5.41) is 0. The van der Waals surface area contributed by atoms with Crippen molar-refractivity contribution in [3.05, 3.63) is 33.8 Å². The summed E-state index contributed by atoms with van der Waals surface area (Å²) in [4.78, 5) is 2.51. The SMILES string of the molecule is Cc1cc(C2C(N)CCN2C(C)C)ccc1Br. The predicted octanol–water partition coefficient (Wildman–Crippen LogP) is 3.24. The molecule has 1 aromatic rings. The van der Waals surface area contributed by atoms with Gasteiger partial charge in [-0.3, -0.25) is 4.90 Å². The molecule has 1 aliphatic heterocycles. The van der Waals surface area contributed by atoms with E-state index in [0.717, 1.165) is 13.0 Å². The Kier molecular flexibility index (Phi) is 3.91. The molecule has 0 amide bonds. The zero-order valence-electron chi connectivity index (χ0n) is 10.8. The molecule has 2 N–H and O–H groups in total. The molecule has 1 fully saturated rings. The lowest BCUT2D eigenvalue weighted by atomic mass is 9.98. The smallest absolute Gasteiger partial charge is 0.0502 e. The standard InChI is InChI=1S/C14H21BrN2/c1-9(2)17-7-6-13(16)14(17)11-4-5-12(15)10(3)8-11/h4-5,8-9,13-14H,6-7,16H2,1-3H3. The first kappa shape index (κ1) is 13.1. The second-order valence-electron chi connectivity index (χ2n) is 5.24. The lowest BCUT2D eigenvalue weighted by molar-refractivity contribution is 0.198. The summed E-state index contributed by atoms with van der Waals surface area (Å²) in [6.45, 7) is 7.74. The minimum Gasteiger partial charge on any atom is -0.326 e. The largest absolute Gasteiger partial charge is 0.326 e. The molecular formula is C14H21BrN2. The maximum atomic E-state index is 6.27. The van der Waals surface area contributed by atoms with Crippen molar-refractivity contribution in [2.75, 3.05) is 6.54 Å². The van der Waals surface area contributed by atoms with Crippen LogP contribution in [-0.2, 0) is 0 Å². The highest BCUT2D eigenvalue weighted by atomic mass is 79.9. The van der Waals surface area contributed by atoms with Gasteiger partial charge in [0.1, 0.15) is 0 Å². The number of hydrogen-bond acceptors (Lipinski definition) is 2. The molecule has 3 heteroatoms. The van der Waals surface area contributed by atoms with E-state index in [1.807, 2.05) is 0 Å². The van der Waals surface area contributed by atoms with Gasteiger partial charge in [0.15, 0.2) is 0 Å². The summed E-state index contributed by atoms with van der Waals surface area (Å²) in [5.74, 6) is 0. The van der Waals surface area contributed by atoms with Gasteiger partial charge in [-0.25, -0.2) is 0 Å². The third-order valence-electron chi connectivity index (χ3n) is 3.67. The maximum Gasteiger partial charge on any atom is 0.0502 e. The molecule has 2 unspecified atom stereocenters. The molecule has 0 spiro atoms. The maximum absolute atomic E-state index is 6.27. The van der Waals surface area contributed by atoms with Crippen molar-refractivity contribution in [1.82, 2.24) is 4.90 Å². The second kappa shape index (κ2) is 5.09. The van der Waals surface area contributed by atoms with Crippen LogP contribution in [0.1, 0.15) is 37.4 Å². The molecule has 2 atom stereocenters. The molecule has 94 valence electrons. The van der Waals surface area contributed by atoms with Crippen molar-refractivity contribution in [1.29, 1.82) is 0 Å². The Labute approximate surface area is 112 Å². The third-order valence-corrected chi connectivity index (χ3v) is 4.56. The number of likely N-dealkylation sites (tertiary alicyclic amines) is 1. The zero-order valence-corrected chi connectivity index (χ0v) is 12.4. The number of nitrogens with two attached hydrogens (primary N) is 1. The number of halogens is 1. The minimum atomic E-state index is 0.262. The quantitative estimate of drug-likeness (QED) is 0.908. The van der Waals surface area contributed by atoms with Crippen molar-refractivity contribution < 1.29 is 0 Å². The van der Waals surface area contributed by atoms with Crippen LogP contribution in [0.3, 0.4) is 0 Å². The Bertz CT molecular complexity index is 403. The molecule has 0 aromatic heterocycles. The molecule has 17 heavy (non-hydrogen) atoms. The van der Waals surface area contributed by atoms with Gasteiger partial charge in [0.25, 0.3) is 0 Å². The third kappa shape index (κ3) is 2.56. The molecule has 1 aliphatic rings. The van der Waals surface area contributed by atoms with Crippen molar-refractivity contribution >= 4 is 15.9 Å². The summed E-state index contributed by atoms with van der Waals surface area (Å²) < 4.78 is 1.17. The van der Waals surface area contributed by atoms with Crippen LogP contribution in [0.5, 0.6) is 0 Å². The first-order valence-corrected chi connectivity index (χ1v) is 7.07. The van der Waals surface area contributed by atoms with Crippen LogP contribution < -0.4 is 5.73 Å². The summed E-state index contributed by atoms with van der Waals surface area (Å²) in [5.41, 5.74) is 8.91. The van der Waals surface area contributed by atoms with E-state index in [-0.39, 0.29) is 6.04 Å². The molecule has 2 rings (SSSR count). The van der Waals surface area contributed by atoms with Gasteiger partial charge in [-0.1, -0.05) is 28.1 Å². The topological polar surface area (TPSA) is 29.3 Å². The number of aryl methyl sites for hydroxylation is 1. The van der Waals surface area contributed by atoms with Crippen LogP contribution in [-0.4, -0.2) is 23.5 Å². The summed E-state index contributed by atoms with van der Waals surface area (Å²) in [6, 6.07) is 7.78. The Morgan fingerprint density at radius 3 is 2.71 bits per heavy atom. The van der Waals surface area contributed by atoms with Gasteiger partial charge in [0, 0.05) is 23.1 Å². The van der Waals surface area contributed by atoms with E-state index < -0.39 is 0 Å². The summed E-state index contributed by atoms with van der Waals surface area (Å²) in [6.07, 6.45) is 1.10. The molecular weight excluding hydrogens is 276 g/mol. The van der Waals surface area contributed by atoms with Crippen molar-refractivity contribution in [2.45, 2.75) is 45.3 Å². The Morgan fingerprint density at radius 1 is 1.41 bits per heavy atom. The lowest BCUT2D eigenvalue weighted by Crippen LogP contribution is -2.35. The van der Waals surface area contributed by atoms with E-state index in [1.54, 1.807) is 0 Å². The number of nitrogens with zero attached hydrogens (tertiary/aromatic N) is 1. The lowest BCUT2D eigenvalue weighted by Gasteiger charge is -2.30. The first-order chi connectivity index (χ1) is 8.00. The minimum absolute atomic E-state index is 0.262. The molecule has 0 radical (unpaired) electrons. The highest BCUT2D eigenvalue weighted by molar-refractivity contribution is 9.10. The van der Waals surface area contributed by atoms with Crippen molar-refractivity contribution in [3.8, 4) is 0 Å². The fraction of sp³-hybridized carbons (Fsp3) is 0.571. The summed E-state index contributed by atoms with van der Waals surface area (Å²) >= 11 is 3.55. The number of hydrogen-bond donors (Lipinski definition) is 1. The zero-order chi connectivity index (χ0) is 12.6. The normalized spacial score (nSPS) is 25.8. The molecule has 1 aromatic carbocycles. The van der Waals surface area contributed by atoms with E-state index in [0.29, 0.717) is 12.1 Å². The van der Waals surface area contributed by atoms with Crippen LogP contribution in [0.25, 0.3) is 0 Å². The molecule has 1 heterocycles. The number of rotatable bonds is 2. The van der Waals surface area contributed by atoms with E-state index in [4.69, 9.17) is 5.73 Å². The first-order valence-electron chi connectivity index (χ1n) is 6.28. The Hall–Kier alpha value is -0.380. The average molecular weight is 297 g/mol. The average Bonchev–Trinajstić information content (AvgIpc) is 2.64. The van der Waals surface area contributed by atoms with E-state index in [2.05, 4.69) is 59.8 Å².